The molecule has 0 atom stereocenters. The third kappa shape index (κ3) is 1.13. The number of aryl methyl sites for hydroxylation is 1. The van der Waals surface area contributed by atoms with Crippen molar-refractivity contribution in [3.63, 3.8) is 0 Å². The molecule has 0 radical (unpaired) electrons. The van der Waals surface area contributed by atoms with Crippen molar-refractivity contribution in [1.29, 1.82) is 0 Å². The van der Waals surface area contributed by atoms with Crippen LogP contribution < -0.4 is 5.32 Å². The average Bonchev–Trinajstić information content (AvgIpc) is 2.30. The minimum Gasteiger partial charge on any atom is -0.370 e. The molecule has 60 valence electrons. The maximum atomic E-state index is 4.33. The van der Waals surface area contributed by atoms with Gasteiger partial charge in [-0.3, -0.25) is 4.68 Å². The zero-order valence-corrected chi connectivity index (χ0v) is 8.55. The predicted octanol–water partition coefficient (Wildman–Crippen LogP) is 1.38. The van der Waals surface area contributed by atoms with Gasteiger partial charge >= 0.3 is 0 Å². The highest BCUT2D eigenvalue weighted by atomic mass is 127. The van der Waals surface area contributed by atoms with Gasteiger partial charge in [-0.2, -0.15) is 5.10 Å². The van der Waals surface area contributed by atoms with Crippen LogP contribution in [-0.2, 0) is 13.5 Å². The number of nitrogens with one attached hydrogen (secondary N) is 1. The summed E-state index contributed by atoms with van der Waals surface area (Å²) in [7, 11) is 1.99. The van der Waals surface area contributed by atoms with E-state index in [4.69, 9.17) is 0 Å². The van der Waals surface area contributed by atoms with Crippen molar-refractivity contribution < 1.29 is 0 Å². The smallest absolute Gasteiger partial charge is 0.128 e. The molecule has 2 heterocycles. The van der Waals surface area contributed by atoms with Crippen LogP contribution in [0.2, 0.25) is 0 Å². The average molecular weight is 263 g/mol. The lowest BCUT2D eigenvalue weighted by atomic mass is 10.1. The van der Waals surface area contributed by atoms with E-state index in [2.05, 4.69) is 33.0 Å². The Labute approximate surface area is 79.3 Å². The first-order valence-corrected chi connectivity index (χ1v) is 4.82. The van der Waals surface area contributed by atoms with Crippen LogP contribution >= 0.6 is 22.6 Å². The molecule has 1 N–H and O–H groups in total. The zero-order valence-electron chi connectivity index (χ0n) is 6.39. The number of halogens is 1. The van der Waals surface area contributed by atoms with Crippen molar-refractivity contribution >= 4 is 28.4 Å². The van der Waals surface area contributed by atoms with Crippen LogP contribution in [0.1, 0.15) is 12.0 Å². The monoisotopic (exact) mass is 263 g/mol. The molecule has 0 saturated carbocycles. The first-order valence-electron chi connectivity index (χ1n) is 3.74. The fourth-order valence-corrected chi connectivity index (χ4v) is 2.30. The van der Waals surface area contributed by atoms with Gasteiger partial charge in [0.25, 0.3) is 0 Å². The second kappa shape index (κ2) is 2.66. The van der Waals surface area contributed by atoms with Gasteiger partial charge in [-0.05, 0) is 35.4 Å². The molecule has 1 aromatic heterocycles. The molecule has 0 aromatic carbocycles. The summed E-state index contributed by atoms with van der Waals surface area (Å²) in [6.45, 7) is 1.09. The van der Waals surface area contributed by atoms with Crippen LogP contribution in [0.4, 0.5) is 5.82 Å². The minimum absolute atomic E-state index is 1.09. The molecule has 0 fully saturated rings. The molecule has 11 heavy (non-hydrogen) atoms. The van der Waals surface area contributed by atoms with Gasteiger partial charge in [-0.15, -0.1) is 0 Å². The minimum atomic E-state index is 1.09. The van der Waals surface area contributed by atoms with Gasteiger partial charge in [0.15, 0.2) is 0 Å². The SMILES string of the molecule is Cn1nc(I)c2c1NCCC2. The van der Waals surface area contributed by atoms with E-state index in [1.54, 1.807) is 0 Å². The molecule has 0 bridgehead atoms. The van der Waals surface area contributed by atoms with Crippen molar-refractivity contribution in [2.24, 2.45) is 7.05 Å². The number of fused-ring (bicyclic) bond motifs is 1. The summed E-state index contributed by atoms with van der Waals surface area (Å²) < 4.78 is 3.07. The molecular weight excluding hydrogens is 253 g/mol. The molecule has 3 nitrogen and oxygen atoms in total. The molecule has 0 amide bonds. The van der Waals surface area contributed by atoms with E-state index in [0.717, 1.165) is 10.2 Å². The van der Waals surface area contributed by atoms with Crippen LogP contribution in [0, 0.1) is 3.70 Å². The Kier molecular flexibility index (Phi) is 1.78. The maximum Gasteiger partial charge on any atom is 0.128 e. The van der Waals surface area contributed by atoms with Crippen LogP contribution in [0.3, 0.4) is 0 Å². The summed E-state index contributed by atoms with van der Waals surface area (Å²) >= 11 is 2.29. The van der Waals surface area contributed by atoms with Crippen molar-refractivity contribution in [2.75, 3.05) is 11.9 Å². The van der Waals surface area contributed by atoms with E-state index in [0.29, 0.717) is 0 Å². The summed E-state index contributed by atoms with van der Waals surface area (Å²) in [5.74, 6) is 1.21. The number of anilines is 1. The Hall–Kier alpha value is -0.260. The Morgan fingerprint density at radius 3 is 3.18 bits per heavy atom. The van der Waals surface area contributed by atoms with Gasteiger partial charge in [0.1, 0.15) is 9.52 Å². The maximum absolute atomic E-state index is 4.33. The Morgan fingerprint density at radius 2 is 2.45 bits per heavy atom. The van der Waals surface area contributed by atoms with Crippen LogP contribution in [0.5, 0.6) is 0 Å². The number of aromatic nitrogens is 2. The van der Waals surface area contributed by atoms with Crippen LogP contribution in [0.25, 0.3) is 0 Å². The quantitative estimate of drug-likeness (QED) is 0.717. The molecule has 0 unspecified atom stereocenters. The molecular formula is C7H10IN3. The molecule has 0 aliphatic carbocycles. The number of hydrogen-bond donors (Lipinski definition) is 1. The Balaban J connectivity index is 2.52. The lowest BCUT2D eigenvalue weighted by Crippen LogP contribution is -2.13. The van der Waals surface area contributed by atoms with Gasteiger partial charge in [0.05, 0.1) is 0 Å². The normalized spacial score (nSPS) is 15.8. The second-order valence-electron chi connectivity index (χ2n) is 2.77. The molecule has 1 aromatic rings. The highest BCUT2D eigenvalue weighted by Gasteiger charge is 2.16. The summed E-state index contributed by atoms with van der Waals surface area (Å²) in [4.78, 5) is 0. The van der Waals surface area contributed by atoms with Crippen LogP contribution in [0.15, 0.2) is 0 Å². The lowest BCUT2D eigenvalue weighted by Gasteiger charge is -2.14. The molecule has 1 aliphatic heterocycles. The van der Waals surface area contributed by atoms with E-state index >= 15 is 0 Å². The number of hydrogen-bond acceptors (Lipinski definition) is 2. The summed E-state index contributed by atoms with van der Waals surface area (Å²) in [5, 5.41) is 7.68. The third-order valence-electron chi connectivity index (χ3n) is 1.99. The molecule has 0 saturated heterocycles. The van der Waals surface area contributed by atoms with Crippen molar-refractivity contribution in [2.45, 2.75) is 12.8 Å². The van der Waals surface area contributed by atoms with E-state index in [-0.39, 0.29) is 0 Å². The van der Waals surface area contributed by atoms with Gasteiger partial charge in [-0.25, -0.2) is 0 Å². The van der Waals surface area contributed by atoms with E-state index in [9.17, 15) is 0 Å². The standard InChI is InChI=1S/C7H10IN3/c1-11-7-5(6(8)10-11)3-2-4-9-7/h9H,2-4H2,1H3. The molecule has 1 aliphatic rings. The molecule has 4 heteroatoms. The fraction of sp³-hybridized carbons (Fsp3) is 0.571. The summed E-state index contributed by atoms with van der Waals surface area (Å²) in [6, 6.07) is 0. The third-order valence-corrected chi connectivity index (χ3v) is 2.86. The number of nitrogens with zero attached hydrogens (tertiary/aromatic N) is 2. The van der Waals surface area contributed by atoms with Crippen LogP contribution in [-0.4, -0.2) is 16.3 Å². The van der Waals surface area contributed by atoms with E-state index in [1.807, 2.05) is 11.7 Å². The largest absolute Gasteiger partial charge is 0.370 e. The number of rotatable bonds is 0. The van der Waals surface area contributed by atoms with Gasteiger partial charge in [-0.1, -0.05) is 0 Å². The predicted molar refractivity (Wildman–Crippen MR) is 52.7 cm³/mol. The summed E-state index contributed by atoms with van der Waals surface area (Å²) in [5.41, 5.74) is 1.39. The molecule has 0 spiro atoms. The first kappa shape index (κ1) is 7.39. The van der Waals surface area contributed by atoms with Crippen molar-refractivity contribution in [3.05, 3.63) is 9.26 Å². The van der Waals surface area contributed by atoms with Gasteiger partial charge in [0.2, 0.25) is 0 Å². The fourth-order valence-electron chi connectivity index (χ4n) is 1.45. The Morgan fingerprint density at radius 1 is 1.64 bits per heavy atom. The molecule has 2 rings (SSSR count). The first-order chi connectivity index (χ1) is 5.29. The van der Waals surface area contributed by atoms with Gasteiger partial charge < -0.3 is 5.32 Å². The topological polar surface area (TPSA) is 29.9 Å². The van der Waals surface area contributed by atoms with Crippen molar-refractivity contribution in [1.82, 2.24) is 9.78 Å². The highest BCUT2D eigenvalue weighted by Crippen LogP contribution is 2.25. The Bertz CT molecular complexity index is 253. The van der Waals surface area contributed by atoms with E-state index in [1.165, 1.54) is 24.2 Å². The second-order valence-corrected chi connectivity index (χ2v) is 3.79. The highest BCUT2D eigenvalue weighted by molar-refractivity contribution is 14.1. The van der Waals surface area contributed by atoms with Crippen molar-refractivity contribution in [3.8, 4) is 0 Å². The lowest BCUT2D eigenvalue weighted by molar-refractivity contribution is 0.746. The summed E-state index contributed by atoms with van der Waals surface area (Å²) in [6.07, 6.45) is 2.41. The zero-order chi connectivity index (χ0) is 7.84. The van der Waals surface area contributed by atoms with Gasteiger partial charge in [0, 0.05) is 19.2 Å². The van der Waals surface area contributed by atoms with E-state index < -0.39 is 0 Å².